The number of halogens is 7. The minimum absolute atomic E-state index is 0.0321. The van der Waals surface area contributed by atoms with E-state index in [0.29, 0.717) is 42.5 Å². The molecule has 2 aliphatic heterocycles. The molecule has 0 spiro atoms. The van der Waals surface area contributed by atoms with Gasteiger partial charge in [-0.1, -0.05) is 58.0 Å². The second kappa shape index (κ2) is 18.4. The van der Waals surface area contributed by atoms with Gasteiger partial charge in [-0.05, 0) is 56.2 Å². The van der Waals surface area contributed by atoms with Crippen LogP contribution in [0.4, 0.5) is 8.78 Å². The summed E-state index contributed by atoms with van der Waals surface area (Å²) in [6, 6.07) is 5.26. The molecular weight excluding hydrogens is 712 g/mol. The summed E-state index contributed by atoms with van der Waals surface area (Å²) in [5.41, 5.74) is 7.04. The van der Waals surface area contributed by atoms with E-state index in [0.717, 1.165) is 32.4 Å². The van der Waals surface area contributed by atoms with Crippen molar-refractivity contribution in [3.63, 3.8) is 0 Å². The van der Waals surface area contributed by atoms with Crippen molar-refractivity contribution in [2.45, 2.75) is 33.9 Å². The molecule has 0 radical (unpaired) electrons. The first-order valence-corrected chi connectivity index (χ1v) is 16.0. The second-order valence-corrected chi connectivity index (χ2v) is 11.9. The third-order valence-corrected chi connectivity index (χ3v) is 8.22. The number of nitrogens with zero attached hydrogens (tertiary/aromatic N) is 2. The average molecular weight is 745 g/mol. The number of benzene rings is 2. The van der Waals surface area contributed by atoms with E-state index < -0.39 is 17.6 Å². The Balaban J connectivity index is 0.000000209. The smallest absolute Gasteiger partial charge is 0.341 e. The van der Waals surface area contributed by atoms with Crippen molar-refractivity contribution in [1.29, 1.82) is 0 Å². The molecule has 0 unspecified atom stereocenters. The van der Waals surface area contributed by atoms with E-state index in [1.807, 2.05) is 0 Å². The highest BCUT2D eigenvalue weighted by Crippen LogP contribution is 2.32. The van der Waals surface area contributed by atoms with Gasteiger partial charge in [0.1, 0.15) is 21.3 Å². The van der Waals surface area contributed by atoms with Crippen LogP contribution in [0.25, 0.3) is 16.7 Å². The van der Waals surface area contributed by atoms with E-state index in [2.05, 4.69) is 10.9 Å². The number of esters is 1. The summed E-state index contributed by atoms with van der Waals surface area (Å²) in [5.74, 6) is -2.02. The molecule has 0 saturated carbocycles. The van der Waals surface area contributed by atoms with Crippen LogP contribution in [-0.2, 0) is 32.1 Å². The lowest BCUT2D eigenvalue weighted by atomic mass is 10.0. The van der Waals surface area contributed by atoms with Crippen LogP contribution in [0.2, 0.25) is 15.2 Å². The van der Waals surface area contributed by atoms with E-state index in [4.69, 9.17) is 72.2 Å². The maximum atomic E-state index is 14.2. The number of rotatable bonds is 4. The van der Waals surface area contributed by atoms with Gasteiger partial charge in [-0.25, -0.2) is 18.3 Å². The molecule has 3 heterocycles. The summed E-state index contributed by atoms with van der Waals surface area (Å²) >= 11 is 29.2. The number of carbonyl (C=O) groups excluding carboxylic acids is 1. The number of fused-ring (bicyclic) bond motifs is 1. The third-order valence-electron chi connectivity index (χ3n) is 6.64. The van der Waals surface area contributed by atoms with Crippen molar-refractivity contribution in [3.8, 4) is 11.1 Å². The minimum Gasteiger partial charge on any atom is -0.462 e. The number of hydrogen-bond donors (Lipinski definition) is 2. The molecule has 3 aromatic rings. The average Bonchev–Trinajstić information content (AvgIpc) is 3.34. The Kier molecular flexibility index (Phi) is 15.3. The lowest BCUT2D eigenvalue weighted by Crippen LogP contribution is -2.32. The number of hydrazine groups is 1. The number of carbonyl (C=O) groups is 1. The predicted octanol–water partition coefficient (Wildman–Crippen LogP) is 6.71. The highest BCUT2D eigenvalue weighted by molar-refractivity contribution is 6.61. The largest absolute Gasteiger partial charge is 0.462 e. The first kappa shape index (κ1) is 38.3. The van der Waals surface area contributed by atoms with Gasteiger partial charge in [0.25, 0.3) is 5.56 Å². The van der Waals surface area contributed by atoms with Gasteiger partial charge in [-0.15, -0.1) is 0 Å². The van der Waals surface area contributed by atoms with Gasteiger partial charge in [0.15, 0.2) is 0 Å². The Morgan fingerprint density at radius 1 is 0.870 bits per heavy atom. The van der Waals surface area contributed by atoms with E-state index in [1.165, 1.54) is 16.8 Å². The molecule has 0 bridgehead atoms. The SMILES string of the molecule is C1COCCNN1.CCOC(=O)C(=C(Cl)Cl)c1cc(C)c(Cl)cc1F.Cc1cc(-c2c(Cl)n3n(c2=O)CCOCC3)c(F)cc1Cl. The molecule has 0 aliphatic carbocycles. The molecule has 9 nitrogen and oxygen atoms in total. The predicted molar refractivity (Wildman–Crippen MR) is 178 cm³/mol. The standard InChI is InChI=1S/C14H13Cl2FN2O2.C12H10Cl3FO2.C4H10N2O/c1-8-6-9(11(17)7-10(8)15)12-13(16)18-2-4-21-5-3-19(18)14(12)20;1-3-18-12(17)10(11(14)15)7-4-6(2)8(13)5-9(7)16;1-3-7-4-2-6-5-1/h6-7H,2-5H2,1H3;4-5H,3H2,1-2H3;5-6H,1-4H2. The zero-order valence-electron chi connectivity index (χ0n) is 25.3. The van der Waals surface area contributed by atoms with E-state index >= 15 is 0 Å². The van der Waals surface area contributed by atoms with Crippen molar-refractivity contribution in [3.05, 3.63) is 82.6 Å². The van der Waals surface area contributed by atoms with E-state index in [-0.39, 0.29) is 49.1 Å². The fraction of sp³-hybridized carbons (Fsp3) is 0.400. The highest BCUT2D eigenvalue weighted by atomic mass is 35.5. The summed E-state index contributed by atoms with van der Waals surface area (Å²) in [6.07, 6.45) is 0. The van der Waals surface area contributed by atoms with Crippen LogP contribution >= 0.6 is 58.0 Å². The number of nitrogens with one attached hydrogen (secondary N) is 2. The van der Waals surface area contributed by atoms with Gasteiger partial charge in [0, 0.05) is 34.3 Å². The van der Waals surface area contributed by atoms with Crippen molar-refractivity contribution in [2.75, 3.05) is 46.1 Å². The van der Waals surface area contributed by atoms with Gasteiger partial charge in [-0.2, -0.15) is 0 Å². The number of aromatic nitrogens is 2. The molecule has 2 N–H and O–H groups in total. The Morgan fingerprint density at radius 2 is 1.41 bits per heavy atom. The Morgan fingerprint density at radius 3 is 2.00 bits per heavy atom. The van der Waals surface area contributed by atoms with Crippen molar-refractivity contribution < 1.29 is 27.8 Å². The van der Waals surface area contributed by atoms with Crippen LogP contribution in [0.15, 0.2) is 33.6 Å². The molecule has 252 valence electrons. The number of hydrogen-bond acceptors (Lipinski definition) is 7. The van der Waals surface area contributed by atoms with E-state index in [9.17, 15) is 18.4 Å². The molecule has 16 heteroatoms. The zero-order valence-corrected chi connectivity index (χ0v) is 29.0. The molecule has 2 aliphatic rings. The van der Waals surface area contributed by atoms with Gasteiger partial charge in [-0.3, -0.25) is 20.3 Å². The fourth-order valence-electron chi connectivity index (χ4n) is 4.35. The molecule has 46 heavy (non-hydrogen) atoms. The lowest BCUT2D eigenvalue weighted by Gasteiger charge is -2.10. The number of ether oxygens (including phenoxy) is 3. The maximum absolute atomic E-state index is 14.2. The zero-order chi connectivity index (χ0) is 34.0. The molecule has 5 rings (SSSR count). The van der Waals surface area contributed by atoms with Crippen LogP contribution < -0.4 is 16.4 Å². The molecule has 0 atom stereocenters. The first-order chi connectivity index (χ1) is 21.9. The van der Waals surface area contributed by atoms with Gasteiger partial charge < -0.3 is 14.2 Å². The Bertz CT molecular complexity index is 1610. The summed E-state index contributed by atoms with van der Waals surface area (Å²) in [5, 5.41) is 0.804. The summed E-state index contributed by atoms with van der Waals surface area (Å²) in [6.45, 7) is 10.4. The van der Waals surface area contributed by atoms with Crippen LogP contribution in [0.1, 0.15) is 23.6 Å². The molecule has 1 saturated heterocycles. The van der Waals surface area contributed by atoms with Gasteiger partial charge >= 0.3 is 5.97 Å². The van der Waals surface area contributed by atoms with Crippen LogP contribution in [0, 0.1) is 25.5 Å². The summed E-state index contributed by atoms with van der Waals surface area (Å²) in [4.78, 5) is 24.2. The molecule has 1 aromatic heterocycles. The number of aryl methyl sites for hydroxylation is 2. The lowest BCUT2D eigenvalue weighted by molar-refractivity contribution is -0.136. The minimum atomic E-state index is -0.780. The molecule has 1 fully saturated rings. The maximum Gasteiger partial charge on any atom is 0.341 e. The Hall–Kier alpha value is -2.19. The van der Waals surface area contributed by atoms with Crippen molar-refractivity contribution >= 4 is 69.5 Å². The Labute approximate surface area is 290 Å². The van der Waals surface area contributed by atoms with Crippen molar-refractivity contribution in [2.24, 2.45) is 0 Å². The van der Waals surface area contributed by atoms with E-state index in [1.54, 1.807) is 31.5 Å². The second-order valence-electron chi connectivity index (χ2n) is 9.81. The normalized spacial score (nSPS) is 14.4. The third kappa shape index (κ3) is 9.91. The molecule has 2 aromatic carbocycles. The monoisotopic (exact) mass is 742 g/mol. The summed E-state index contributed by atoms with van der Waals surface area (Å²) < 4.78 is 45.9. The molecular formula is C30H33Cl5F2N4O5. The highest BCUT2D eigenvalue weighted by Gasteiger charge is 2.24. The van der Waals surface area contributed by atoms with Crippen LogP contribution in [0.5, 0.6) is 0 Å². The van der Waals surface area contributed by atoms with Crippen LogP contribution in [0.3, 0.4) is 0 Å². The summed E-state index contributed by atoms with van der Waals surface area (Å²) in [7, 11) is 0. The van der Waals surface area contributed by atoms with Crippen LogP contribution in [-0.4, -0.2) is 61.5 Å². The first-order valence-electron chi connectivity index (χ1n) is 14.1. The van der Waals surface area contributed by atoms with Crippen molar-refractivity contribution in [1.82, 2.24) is 20.2 Å². The quantitative estimate of drug-likeness (QED) is 0.227. The molecule has 0 amide bonds. The van der Waals surface area contributed by atoms with Gasteiger partial charge in [0.2, 0.25) is 0 Å². The van der Waals surface area contributed by atoms with Gasteiger partial charge in [0.05, 0.1) is 57.3 Å². The fourth-order valence-corrected chi connectivity index (χ4v) is 5.37. The topological polar surface area (TPSA) is 95.7 Å².